The van der Waals surface area contributed by atoms with Gasteiger partial charge in [-0.3, -0.25) is 0 Å². The zero-order valence-electron chi connectivity index (χ0n) is 19.0. The Kier molecular flexibility index (Phi) is 6.82. The van der Waals surface area contributed by atoms with Crippen molar-refractivity contribution in [2.24, 2.45) is 0 Å². The first-order chi connectivity index (χ1) is 16.1. The van der Waals surface area contributed by atoms with Crippen molar-refractivity contribution in [2.45, 2.75) is 69.1 Å². The Morgan fingerprint density at radius 2 is 1.82 bits per heavy atom. The van der Waals surface area contributed by atoms with Crippen molar-refractivity contribution < 1.29 is 21.6 Å². The molecule has 1 aromatic heterocycles. The van der Waals surface area contributed by atoms with Crippen LogP contribution in [-0.4, -0.2) is 29.2 Å². The fraction of sp³-hybridized carbons (Fsp3) is 0.417. The first kappa shape index (κ1) is 24.4. The van der Waals surface area contributed by atoms with Crippen molar-refractivity contribution >= 4 is 10.0 Å². The zero-order chi connectivity index (χ0) is 24.5. The molecule has 1 heterocycles. The SMILES string of the molecule is CCc1cc(-c2ccc(C(F)(F)F)cc2C)ccc1S(=O)(=O)N[C@H]1CCC[C@@H](n2cnnc2)C1. The van der Waals surface area contributed by atoms with E-state index in [1.54, 1.807) is 37.8 Å². The summed E-state index contributed by atoms with van der Waals surface area (Å²) >= 11 is 0. The van der Waals surface area contributed by atoms with Crippen LogP contribution in [0, 0.1) is 6.92 Å². The molecule has 4 rings (SSSR count). The third kappa shape index (κ3) is 5.17. The molecule has 0 saturated heterocycles. The molecule has 182 valence electrons. The highest BCUT2D eigenvalue weighted by Gasteiger charge is 2.31. The standard InChI is InChI=1S/C24H27F3N4O2S/c1-3-17-12-18(22-9-8-19(11-16(22)2)24(25,26)27)7-10-23(17)34(32,33)30-20-5-4-6-21(13-20)31-14-28-29-15-31/h7-12,14-15,20-21,30H,3-6,13H2,1-2H3/t20-,21+/m0/s1. The minimum atomic E-state index is -4.41. The van der Waals surface area contributed by atoms with Crippen LogP contribution < -0.4 is 4.72 Å². The van der Waals surface area contributed by atoms with Gasteiger partial charge in [-0.1, -0.05) is 19.1 Å². The molecule has 6 nitrogen and oxygen atoms in total. The molecule has 34 heavy (non-hydrogen) atoms. The molecule has 0 radical (unpaired) electrons. The summed E-state index contributed by atoms with van der Waals surface area (Å²) in [6.07, 6.45) is 2.60. The van der Waals surface area contributed by atoms with Gasteiger partial charge in [-0.15, -0.1) is 10.2 Å². The first-order valence-corrected chi connectivity index (χ1v) is 12.7. The van der Waals surface area contributed by atoms with Crippen LogP contribution in [0.2, 0.25) is 0 Å². The monoisotopic (exact) mass is 492 g/mol. The van der Waals surface area contributed by atoms with Gasteiger partial charge >= 0.3 is 6.18 Å². The van der Waals surface area contributed by atoms with E-state index in [1.807, 2.05) is 11.5 Å². The minimum Gasteiger partial charge on any atom is -0.317 e. The molecular formula is C24H27F3N4O2S. The minimum absolute atomic E-state index is 0.145. The van der Waals surface area contributed by atoms with Gasteiger partial charge in [0, 0.05) is 12.1 Å². The second-order valence-electron chi connectivity index (χ2n) is 8.75. The van der Waals surface area contributed by atoms with Crippen LogP contribution in [0.25, 0.3) is 11.1 Å². The van der Waals surface area contributed by atoms with Gasteiger partial charge in [-0.2, -0.15) is 13.2 Å². The number of benzene rings is 2. The van der Waals surface area contributed by atoms with Gasteiger partial charge in [0.1, 0.15) is 12.7 Å². The number of hydrogen-bond donors (Lipinski definition) is 1. The lowest BCUT2D eigenvalue weighted by Gasteiger charge is -2.30. The maximum absolute atomic E-state index is 13.3. The highest BCUT2D eigenvalue weighted by molar-refractivity contribution is 7.89. The second kappa shape index (κ2) is 9.50. The van der Waals surface area contributed by atoms with E-state index in [0.717, 1.165) is 31.4 Å². The summed E-state index contributed by atoms with van der Waals surface area (Å²) in [5.41, 5.74) is 1.73. The summed E-state index contributed by atoms with van der Waals surface area (Å²) in [6.45, 7) is 3.48. The average molecular weight is 493 g/mol. The van der Waals surface area contributed by atoms with Gasteiger partial charge < -0.3 is 4.57 Å². The van der Waals surface area contributed by atoms with Gasteiger partial charge in [0.15, 0.2) is 0 Å². The fourth-order valence-electron chi connectivity index (χ4n) is 4.67. The third-order valence-electron chi connectivity index (χ3n) is 6.42. The van der Waals surface area contributed by atoms with Crippen LogP contribution in [0.4, 0.5) is 13.2 Å². The molecule has 0 aliphatic heterocycles. The largest absolute Gasteiger partial charge is 0.416 e. The van der Waals surface area contributed by atoms with Crippen molar-refractivity contribution in [3.05, 3.63) is 65.7 Å². The molecule has 0 bridgehead atoms. The van der Waals surface area contributed by atoms with Gasteiger partial charge in [0.25, 0.3) is 0 Å². The van der Waals surface area contributed by atoms with Crippen LogP contribution in [0.3, 0.4) is 0 Å². The van der Waals surface area contributed by atoms with E-state index in [4.69, 9.17) is 0 Å². The Balaban J connectivity index is 1.57. The fourth-order valence-corrected chi connectivity index (χ4v) is 6.25. The molecule has 0 amide bonds. The van der Waals surface area contributed by atoms with Crippen molar-refractivity contribution in [2.75, 3.05) is 0 Å². The number of sulfonamides is 1. The van der Waals surface area contributed by atoms with Gasteiger partial charge in [0.2, 0.25) is 10.0 Å². The lowest BCUT2D eigenvalue weighted by molar-refractivity contribution is -0.137. The molecule has 0 unspecified atom stereocenters. The van der Waals surface area contributed by atoms with Crippen LogP contribution >= 0.6 is 0 Å². The summed E-state index contributed by atoms with van der Waals surface area (Å²) < 4.78 is 70.4. The van der Waals surface area contributed by atoms with Gasteiger partial charge in [-0.25, -0.2) is 13.1 Å². The van der Waals surface area contributed by atoms with Crippen LogP contribution in [0.5, 0.6) is 0 Å². The third-order valence-corrected chi connectivity index (χ3v) is 8.04. The summed E-state index contributed by atoms with van der Waals surface area (Å²) in [6, 6.07) is 8.51. The number of hydrogen-bond acceptors (Lipinski definition) is 4. The number of nitrogens with one attached hydrogen (secondary N) is 1. The highest BCUT2D eigenvalue weighted by Crippen LogP contribution is 2.35. The molecule has 1 fully saturated rings. The Morgan fingerprint density at radius 3 is 2.47 bits per heavy atom. The molecule has 1 aliphatic carbocycles. The van der Waals surface area contributed by atoms with Gasteiger partial charge in [0.05, 0.1) is 10.5 Å². The van der Waals surface area contributed by atoms with E-state index in [2.05, 4.69) is 14.9 Å². The van der Waals surface area contributed by atoms with Crippen molar-refractivity contribution in [3.63, 3.8) is 0 Å². The summed E-state index contributed by atoms with van der Waals surface area (Å²) in [7, 11) is -3.77. The lowest BCUT2D eigenvalue weighted by atomic mass is 9.91. The van der Waals surface area contributed by atoms with Gasteiger partial charge in [-0.05, 0) is 85.5 Å². The maximum Gasteiger partial charge on any atom is 0.416 e. The molecule has 0 spiro atoms. The predicted molar refractivity (Wildman–Crippen MR) is 123 cm³/mol. The predicted octanol–water partition coefficient (Wildman–Crippen LogP) is 5.30. The Labute approximate surface area is 197 Å². The van der Waals surface area contributed by atoms with Crippen LogP contribution in [0.15, 0.2) is 53.9 Å². The maximum atomic E-state index is 13.3. The Morgan fingerprint density at radius 1 is 1.09 bits per heavy atom. The van der Waals surface area contributed by atoms with E-state index >= 15 is 0 Å². The molecule has 1 saturated carbocycles. The van der Waals surface area contributed by atoms with E-state index in [0.29, 0.717) is 35.1 Å². The Hall–Kier alpha value is -2.72. The summed E-state index contributed by atoms with van der Waals surface area (Å²) in [4.78, 5) is 0.203. The van der Waals surface area contributed by atoms with Crippen LogP contribution in [-0.2, 0) is 22.6 Å². The number of aromatic nitrogens is 3. The highest BCUT2D eigenvalue weighted by atomic mass is 32.2. The van der Waals surface area contributed by atoms with Crippen molar-refractivity contribution in [3.8, 4) is 11.1 Å². The topological polar surface area (TPSA) is 76.9 Å². The van der Waals surface area contributed by atoms with Crippen molar-refractivity contribution in [1.82, 2.24) is 19.5 Å². The van der Waals surface area contributed by atoms with E-state index in [9.17, 15) is 21.6 Å². The quantitative estimate of drug-likeness (QED) is 0.507. The molecule has 2 atom stereocenters. The number of alkyl halides is 3. The number of halogens is 3. The molecule has 10 heteroatoms. The molecular weight excluding hydrogens is 465 g/mol. The first-order valence-electron chi connectivity index (χ1n) is 11.3. The smallest absolute Gasteiger partial charge is 0.317 e. The zero-order valence-corrected chi connectivity index (χ0v) is 19.8. The average Bonchev–Trinajstić information content (AvgIpc) is 3.33. The second-order valence-corrected chi connectivity index (χ2v) is 10.4. The lowest BCUT2D eigenvalue weighted by Crippen LogP contribution is -2.39. The van der Waals surface area contributed by atoms with Crippen molar-refractivity contribution in [1.29, 1.82) is 0 Å². The molecule has 1 N–H and O–H groups in total. The summed E-state index contributed by atoms with van der Waals surface area (Å²) in [5, 5.41) is 7.68. The van der Waals surface area contributed by atoms with Crippen LogP contribution in [0.1, 0.15) is 55.3 Å². The Bertz CT molecular complexity index is 1260. The number of aryl methyl sites for hydroxylation is 2. The van der Waals surface area contributed by atoms with E-state index in [-0.39, 0.29) is 17.0 Å². The molecule has 2 aromatic carbocycles. The van der Waals surface area contributed by atoms with E-state index < -0.39 is 21.8 Å². The molecule has 3 aromatic rings. The normalized spacial score (nSPS) is 19.3. The number of rotatable bonds is 6. The van der Waals surface area contributed by atoms with E-state index in [1.165, 1.54) is 6.07 Å². The number of nitrogens with zero attached hydrogens (tertiary/aromatic N) is 3. The summed E-state index contributed by atoms with van der Waals surface area (Å²) in [5.74, 6) is 0. The molecule has 1 aliphatic rings.